The van der Waals surface area contributed by atoms with Crippen molar-refractivity contribution in [3.8, 4) is 0 Å². The molecule has 1 heterocycles. The number of halogens is 1. The minimum absolute atomic E-state index is 0.0409. The zero-order chi connectivity index (χ0) is 21.1. The largest absolute Gasteiger partial charge is 0.344 e. The second-order valence-corrected chi connectivity index (χ2v) is 12.7. The summed E-state index contributed by atoms with van der Waals surface area (Å²) in [7, 11) is -1.83. The summed E-state index contributed by atoms with van der Waals surface area (Å²) < 4.78 is 27.8. The lowest BCUT2D eigenvalue weighted by Gasteiger charge is -2.57. The Morgan fingerprint density at radius 1 is 1.10 bits per heavy atom. The van der Waals surface area contributed by atoms with Crippen molar-refractivity contribution in [3.05, 3.63) is 29.3 Å². The quantitative estimate of drug-likeness (QED) is 0.676. The van der Waals surface area contributed by atoms with Crippen molar-refractivity contribution in [1.29, 1.82) is 0 Å². The lowest BCUT2D eigenvalue weighted by Crippen LogP contribution is -2.54. The SMILES string of the molecule is CN(CC12CC3CC(CC(C3)C1)C2)C(=O)[C@@H]1CCCN1S(=O)(=O)c1ccc(Cl)cc1. The molecule has 30 heavy (non-hydrogen) atoms. The maximum Gasteiger partial charge on any atom is 0.243 e. The topological polar surface area (TPSA) is 57.7 Å². The molecule has 4 bridgehead atoms. The van der Waals surface area contributed by atoms with Crippen LogP contribution in [-0.4, -0.2) is 49.7 Å². The molecule has 0 spiro atoms. The van der Waals surface area contributed by atoms with Crippen LogP contribution in [0.1, 0.15) is 51.4 Å². The number of hydrogen-bond donors (Lipinski definition) is 0. The second-order valence-electron chi connectivity index (χ2n) is 10.3. The van der Waals surface area contributed by atoms with Gasteiger partial charge >= 0.3 is 0 Å². The standard InChI is InChI=1S/C23H31ClN2O3S/c1-25(15-23-12-16-9-17(13-23)11-18(10-16)14-23)22(27)21-3-2-8-26(21)30(28,29)20-6-4-19(24)5-7-20/h4-7,16-18,21H,2-3,8-15H2,1H3/t16?,17?,18?,21-,23?/m0/s1. The summed E-state index contributed by atoms with van der Waals surface area (Å²) in [5.74, 6) is 2.48. The Hall–Kier alpha value is -1.11. The van der Waals surface area contributed by atoms with Gasteiger partial charge in [0.15, 0.2) is 0 Å². The lowest BCUT2D eigenvalue weighted by atomic mass is 9.49. The van der Waals surface area contributed by atoms with E-state index in [1.165, 1.54) is 55.0 Å². The number of benzene rings is 1. The number of carbonyl (C=O) groups excluding carboxylic acids is 1. The van der Waals surface area contributed by atoms with Crippen molar-refractivity contribution in [1.82, 2.24) is 9.21 Å². The summed E-state index contributed by atoms with van der Waals surface area (Å²) in [5, 5.41) is 0.498. The van der Waals surface area contributed by atoms with E-state index in [1.807, 2.05) is 11.9 Å². The van der Waals surface area contributed by atoms with Gasteiger partial charge < -0.3 is 4.90 Å². The molecule has 164 valence electrons. The molecule has 1 saturated heterocycles. The molecule has 0 unspecified atom stereocenters. The third-order valence-corrected chi connectivity index (χ3v) is 10.2. The predicted octanol–water partition coefficient (Wildman–Crippen LogP) is 4.17. The third-order valence-electron chi connectivity index (χ3n) is 8.02. The number of carbonyl (C=O) groups is 1. The van der Waals surface area contributed by atoms with Crippen LogP contribution in [0.3, 0.4) is 0 Å². The van der Waals surface area contributed by atoms with Crippen LogP contribution < -0.4 is 0 Å². The van der Waals surface area contributed by atoms with Gasteiger partial charge in [0.25, 0.3) is 0 Å². The van der Waals surface area contributed by atoms with Crippen LogP contribution in [0.15, 0.2) is 29.2 Å². The summed E-state index contributed by atoms with van der Waals surface area (Å²) in [4.78, 5) is 15.5. The van der Waals surface area contributed by atoms with E-state index in [4.69, 9.17) is 11.6 Å². The van der Waals surface area contributed by atoms with E-state index in [9.17, 15) is 13.2 Å². The molecule has 1 aromatic carbocycles. The fourth-order valence-electron chi connectivity index (χ4n) is 7.34. The van der Waals surface area contributed by atoms with E-state index in [2.05, 4.69) is 0 Å². The number of likely N-dealkylation sites (N-methyl/N-ethyl adjacent to an activating group) is 1. The van der Waals surface area contributed by atoms with Crippen LogP contribution >= 0.6 is 11.6 Å². The number of sulfonamides is 1. The highest BCUT2D eigenvalue weighted by molar-refractivity contribution is 7.89. The third kappa shape index (κ3) is 3.59. The number of hydrogen-bond acceptors (Lipinski definition) is 3. The molecular weight excluding hydrogens is 420 g/mol. The molecule has 1 aliphatic heterocycles. The normalized spacial score (nSPS) is 35.7. The second kappa shape index (κ2) is 7.49. The van der Waals surface area contributed by atoms with Crippen molar-refractivity contribution in [2.24, 2.45) is 23.2 Å². The van der Waals surface area contributed by atoms with Crippen molar-refractivity contribution < 1.29 is 13.2 Å². The Labute approximate surface area is 184 Å². The van der Waals surface area contributed by atoms with Crippen molar-refractivity contribution in [2.45, 2.75) is 62.3 Å². The summed E-state index contributed by atoms with van der Waals surface area (Å²) in [6, 6.07) is 5.62. The smallest absolute Gasteiger partial charge is 0.243 e. The highest BCUT2D eigenvalue weighted by Gasteiger charge is 2.52. The first-order valence-corrected chi connectivity index (χ1v) is 13.1. The Morgan fingerprint density at radius 3 is 2.23 bits per heavy atom. The minimum atomic E-state index is -3.71. The van der Waals surface area contributed by atoms with Gasteiger partial charge in [-0.2, -0.15) is 4.31 Å². The summed E-state index contributed by atoms with van der Waals surface area (Å²) in [6.45, 7) is 1.17. The molecule has 1 amide bonds. The predicted molar refractivity (Wildman–Crippen MR) is 117 cm³/mol. The maximum absolute atomic E-state index is 13.4. The highest BCUT2D eigenvalue weighted by Crippen LogP contribution is 2.60. The summed E-state index contributed by atoms with van der Waals surface area (Å²) in [5.41, 5.74) is 0.262. The molecule has 0 N–H and O–H groups in total. The van der Waals surface area contributed by atoms with Gasteiger partial charge in [-0.15, -0.1) is 0 Å². The molecule has 7 heteroatoms. The van der Waals surface area contributed by atoms with Gasteiger partial charge in [-0.25, -0.2) is 8.42 Å². The van der Waals surface area contributed by atoms with E-state index in [0.29, 0.717) is 24.4 Å². The molecule has 4 aliphatic carbocycles. The van der Waals surface area contributed by atoms with Crippen molar-refractivity contribution in [2.75, 3.05) is 20.1 Å². The first-order valence-electron chi connectivity index (χ1n) is 11.3. The molecule has 1 atom stereocenters. The fraction of sp³-hybridized carbons (Fsp3) is 0.696. The van der Waals surface area contributed by atoms with Crippen LogP contribution in [0, 0.1) is 23.2 Å². The minimum Gasteiger partial charge on any atom is -0.344 e. The van der Waals surface area contributed by atoms with Gasteiger partial charge in [-0.1, -0.05) is 11.6 Å². The van der Waals surface area contributed by atoms with Gasteiger partial charge in [0.2, 0.25) is 15.9 Å². The van der Waals surface area contributed by atoms with E-state index in [0.717, 1.165) is 24.3 Å². The lowest BCUT2D eigenvalue weighted by molar-refractivity contribution is -0.138. The van der Waals surface area contributed by atoms with Crippen LogP contribution in [0.2, 0.25) is 5.02 Å². The Morgan fingerprint density at radius 2 is 1.67 bits per heavy atom. The van der Waals surface area contributed by atoms with E-state index in [-0.39, 0.29) is 16.2 Å². The van der Waals surface area contributed by atoms with Gasteiger partial charge in [0, 0.05) is 25.2 Å². The van der Waals surface area contributed by atoms with E-state index >= 15 is 0 Å². The van der Waals surface area contributed by atoms with Crippen LogP contribution in [0.5, 0.6) is 0 Å². The fourth-order valence-corrected chi connectivity index (χ4v) is 9.11. The average molecular weight is 451 g/mol. The molecule has 5 nitrogen and oxygen atoms in total. The van der Waals surface area contributed by atoms with Gasteiger partial charge in [-0.05, 0) is 98.8 Å². The summed E-state index contributed by atoms with van der Waals surface area (Å²) in [6.07, 6.45) is 9.19. The average Bonchev–Trinajstić information content (AvgIpc) is 3.17. The number of rotatable bonds is 5. The van der Waals surface area contributed by atoms with Crippen molar-refractivity contribution >= 4 is 27.5 Å². The van der Waals surface area contributed by atoms with Gasteiger partial charge in [0.05, 0.1) is 4.90 Å². The van der Waals surface area contributed by atoms with E-state index < -0.39 is 16.1 Å². The molecule has 1 aromatic rings. The molecule has 5 aliphatic rings. The van der Waals surface area contributed by atoms with Gasteiger partial charge in [0.1, 0.15) is 6.04 Å². The van der Waals surface area contributed by atoms with Crippen LogP contribution in [0.4, 0.5) is 0 Å². The monoisotopic (exact) mass is 450 g/mol. The first kappa shape index (κ1) is 20.8. The first-order chi connectivity index (χ1) is 14.3. The number of nitrogens with zero attached hydrogens (tertiary/aromatic N) is 2. The number of amides is 1. The molecule has 0 radical (unpaired) electrons. The maximum atomic E-state index is 13.4. The highest BCUT2D eigenvalue weighted by atomic mass is 35.5. The molecular formula is C23H31ClN2O3S. The Balaban J connectivity index is 1.32. The van der Waals surface area contributed by atoms with Crippen molar-refractivity contribution in [3.63, 3.8) is 0 Å². The molecule has 4 saturated carbocycles. The summed E-state index contributed by atoms with van der Waals surface area (Å²) >= 11 is 5.92. The van der Waals surface area contributed by atoms with Crippen LogP contribution in [-0.2, 0) is 14.8 Å². The van der Waals surface area contributed by atoms with Gasteiger partial charge in [-0.3, -0.25) is 4.79 Å². The molecule has 5 fully saturated rings. The van der Waals surface area contributed by atoms with E-state index in [1.54, 1.807) is 12.1 Å². The Bertz CT molecular complexity index is 895. The Kier molecular flexibility index (Phi) is 5.19. The molecule has 6 rings (SSSR count). The zero-order valence-electron chi connectivity index (χ0n) is 17.6. The zero-order valence-corrected chi connectivity index (χ0v) is 19.2. The molecule has 0 aromatic heterocycles. The van der Waals surface area contributed by atoms with Crippen LogP contribution in [0.25, 0.3) is 0 Å².